The van der Waals surface area contributed by atoms with Crippen LogP contribution in [0.2, 0.25) is 0 Å². The van der Waals surface area contributed by atoms with Gasteiger partial charge in [-0.15, -0.1) is 0 Å². The van der Waals surface area contributed by atoms with E-state index in [1.165, 1.54) is 12.1 Å². The molecule has 0 aliphatic carbocycles. The van der Waals surface area contributed by atoms with Gasteiger partial charge in [-0.2, -0.15) is 0 Å². The molecule has 7 heteroatoms. The molecule has 0 heterocycles. The van der Waals surface area contributed by atoms with Gasteiger partial charge in [-0.25, -0.2) is 13.2 Å². The molecule has 0 amide bonds. The van der Waals surface area contributed by atoms with Crippen molar-refractivity contribution >= 4 is 31.9 Å². The van der Waals surface area contributed by atoms with Crippen molar-refractivity contribution in [2.24, 2.45) is 5.84 Å². The fraction of sp³-hybridized carbons (Fsp3) is 0.143. The third-order valence-corrected chi connectivity index (χ3v) is 4.48. The molecular formula is C14H11Br2F3N2. The van der Waals surface area contributed by atoms with Crippen molar-refractivity contribution in [3.63, 3.8) is 0 Å². The van der Waals surface area contributed by atoms with Gasteiger partial charge >= 0.3 is 0 Å². The minimum absolute atomic E-state index is 0.0200. The van der Waals surface area contributed by atoms with Crippen LogP contribution in [0.1, 0.15) is 17.2 Å². The summed E-state index contributed by atoms with van der Waals surface area (Å²) in [6.07, 6.45) is 0.388. The zero-order chi connectivity index (χ0) is 15.6. The standard InChI is InChI=1S/C14H11Br2F3N2/c15-9-5-7(1-3-10(9)17)6-12(21-20)8-2-4-11(18)14(19)13(8)16/h1-5,12,21H,6,20H2. The van der Waals surface area contributed by atoms with Gasteiger partial charge in [-0.3, -0.25) is 11.3 Å². The summed E-state index contributed by atoms with van der Waals surface area (Å²) in [4.78, 5) is 0. The number of hydrogen-bond acceptors (Lipinski definition) is 2. The van der Waals surface area contributed by atoms with Gasteiger partial charge in [-0.1, -0.05) is 12.1 Å². The van der Waals surface area contributed by atoms with E-state index in [1.807, 2.05) is 0 Å². The van der Waals surface area contributed by atoms with Crippen LogP contribution < -0.4 is 11.3 Å². The second-order valence-corrected chi connectivity index (χ2v) is 6.08. The third kappa shape index (κ3) is 3.66. The fourth-order valence-corrected chi connectivity index (χ4v) is 3.00. The molecule has 2 rings (SSSR count). The third-order valence-electron chi connectivity index (χ3n) is 3.07. The monoisotopic (exact) mass is 422 g/mol. The van der Waals surface area contributed by atoms with Crippen LogP contribution >= 0.6 is 31.9 Å². The summed E-state index contributed by atoms with van der Waals surface area (Å²) in [6.45, 7) is 0. The first kappa shape index (κ1) is 16.5. The molecule has 21 heavy (non-hydrogen) atoms. The van der Waals surface area contributed by atoms with E-state index in [-0.39, 0.29) is 10.3 Å². The minimum atomic E-state index is -0.965. The van der Waals surface area contributed by atoms with Crippen LogP contribution in [0.5, 0.6) is 0 Å². The van der Waals surface area contributed by atoms with Gasteiger partial charge in [0.05, 0.1) is 15.0 Å². The average Bonchev–Trinajstić information content (AvgIpc) is 2.47. The molecule has 2 nitrogen and oxygen atoms in total. The van der Waals surface area contributed by atoms with Gasteiger partial charge in [-0.05, 0) is 67.6 Å². The van der Waals surface area contributed by atoms with Crippen molar-refractivity contribution < 1.29 is 13.2 Å². The first-order chi connectivity index (χ1) is 9.93. The predicted molar refractivity (Wildman–Crippen MR) is 81.9 cm³/mol. The Morgan fingerprint density at radius 1 is 1.05 bits per heavy atom. The molecule has 0 aliphatic rings. The molecule has 0 saturated heterocycles. The molecule has 3 N–H and O–H groups in total. The van der Waals surface area contributed by atoms with E-state index in [0.717, 1.165) is 11.6 Å². The highest BCUT2D eigenvalue weighted by molar-refractivity contribution is 9.10. The zero-order valence-corrected chi connectivity index (χ0v) is 13.8. The Morgan fingerprint density at radius 2 is 1.71 bits per heavy atom. The van der Waals surface area contributed by atoms with Gasteiger partial charge in [0.15, 0.2) is 11.6 Å². The van der Waals surface area contributed by atoms with Crippen molar-refractivity contribution in [2.45, 2.75) is 12.5 Å². The van der Waals surface area contributed by atoms with E-state index in [2.05, 4.69) is 37.3 Å². The highest BCUT2D eigenvalue weighted by Crippen LogP contribution is 2.30. The Bertz CT molecular complexity index is 665. The van der Waals surface area contributed by atoms with Crippen molar-refractivity contribution in [1.82, 2.24) is 5.43 Å². The molecule has 0 aromatic heterocycles. The molecule has 0 spiro atoms. The molecule has 2 aromatic carbocycles. The lowest BCUT2D eigenvalue weighted by atomic mass is 9.99. The summed E-state index contributed by atoms with van der Waals surface area (Å²) in [7, 11) is 0. The molecule has 0 fully saturated rings. The number of rotatable bonds is 4. The summed E-state index contributed by atoms with van der Waals surface area (Å²) in [6, 6.07) is 6.59. The van der Waals surface area contributed by atoms with E-state index in [0.29, 0.717) is 16.5 Å². The van der Waals surface area contributed by atoms with Gasteiger partial charge in [0.25, 0.3) is 0 Å². The Labute approximate surface area is 136 Å². The van der Waals surface area contributed by atoms with Gasteiger partial charge in [0, 0.05) is 0 Å². The van der Waals surface area contributed by atoms with E-state index < -0.39 is 17.7 Å². The molecule has 1 atom stereocenters. The molecule has 1 unspecified atom stereocenters. The van der Waals surface area contributed by atoms with Crippen LogP contribution in [0.3, 0.4) is 0 Å². The van der Waals surface area contributed by atoms with Crippen LogP contribution in [0, 0.1) is 17.5 Å². The summed E-state index contributed by atoms with van der Waals surface area (Å²) in [5.41, 5.74) is 3.84. The lowest BCUT2D eigenvalue weighted by Crippen LogP contribution is -2.30. The molecular weight excluding hydrogens is 413 g/mol. The van der Waals surface area contributed by atoms with Crippen molar-refractivity contribution in [2.75, 3.05) is 0 Å². The molecule has 0 aliphatic heterocycles. The Hall–Kier alpha value is -0.890. The van der Waals surface area contributed by atoms with Gasteiger partial charge in [0.1, 0.15) is 5.82 Å². The maximum absolute atomic E-state index is 13.6. The topological polar surface area (TPSA) is 38.0 Å². The first-order valence-corrected chi connectivity index (χ1v) is 7.56. The van der Waals surface area contributed by atoms with E-state index in [1.54, 1.807) is 12.1 Å². The van der Waals surface area contributed by atoms with Crippen molar-refractivity contribution in [1.29, 1.82) is 0 Å². The highest BCUT2D eigenvalue weighted by Gasteiger charge is 2.19. The normalized spacial score (nSPS) is 12.5. The maximum Gasteiger partial charge on any atom is 0.173 e. The number of halogens is 5. The number of hydrogen-bond donors (Lipinski definition) is 2. The maximum atomic E-state index is 13.6. The Morgan fingerprint density at radius 3 is 2.33 bits per heavy atom. The Kier molecular flexibility index (Phi) is 5.43. The quantitative estimate of drug-likeness (QED) is 0.435. The van der Waals surface area contributed by atoms with Crippen LogP contribution in [-0.4, -0.2) is 0 Å². The van der Waals surface area contributed by atoms with Crippen LogP contribution in [0.25, 0.3) is 0 Å². The molecule has 0 bridgehead atoms. The van der Waals surface area contributed by atoms with Gasteiger partial charge < -0.3 is 0 Å². The summed E-state index contributed by atoms with van der Waals surface area (Å²) in [5.74, 6) is 3.23. The predicted octanol–water partition coefficient (Wildman–Crippen LogP) is 4.38. The summed E-state index contributed by atoms with van der Waals surface area (Å²) in [5, 5.41) is 0. The molecule has 0 saturated carbocycles. The SMILES string of the molecule is NNC(Cc1ccc(F)c(Br)c1)c1ccc(F)c(F)c1Br. The first-order valence-electron chi connectivity index (χ1n) is 5.97. The lowest BCUT2D eigenvalue weighted by molar-refractivity contribution is 0.491. The number of nitrogens with two attached hydrogens (primary N) is 1. The van der Waals surface area contributed by atoms with Crippen molar-refractivity contribution in [3.8, 4) is 0 Å². The molecule has 2 aromatic rings. The molecule has 0 radical (unpaired) electrons. The smallest absolute Gasteiger partial charge is 0.173 e. The minimum Gasteiger partial charge on any atom is -0.271 e. The Balaban J connectivity index is 2.32. The summed E-state index contributed by atoms with van der Waals surface area (Å²) >= 11 is 6.14. The van der Waals surface area contributed by atoms with Crippen LogP contribution in [-0.2, 0) is 6.42 Å². The second-order valence-electron chi connectivity index (χ2n) is 4.44. The number of hydrazine groups is 1. The largest absolute Gasteiger partial charge is 0.271 e. The van der Waals surface area contributed by atoms with Crippen LogP contribution in [0.4, 0.5) is 13.2 Å². The lowest BCUT2D eigenvalue weighted by Gasteiger charge is -2.18. The number of nitrogens with one attached hydrogen (secondary N) is 1. The second kappa shape index (κ2) is 6.91. The molecule has 112 valence electrons. The van der Waals surface area contributed by atoms with E-state index >= 15 is 0 Å². The van der Waals surface area contributed by atoms with Gasteiger partial charge in [0.2, 0.25) is 0 Å². The zero-order valence-electron chi connectivity index (χ0n) is 10.6. The fourth-order valence-electron chi connectivity index (χ4n) is 1.97. The van der Waals surface area contributed by atoms with E-state index in [9.17, 15) is 13.2 Å². The highest BCUT2D eigenvalue weighted by atomic mass is 79.9. The number of benzene rings is 2. The summed E-state index contributed by atoms with van der Waals surface area (Å²) < 4.78 is 40.3. The average molecular weight is 424 g/mol. The van der Waals surface area contributed by atoms with Crippen molar-refractivity contribution in [3.05, 3.63) is 67.9 Å². The van der Waals surface area contributed by atoms with Crippen LogP contribution in [0.15, 0.2) is 39.3 Å². The van der Waals surface area contributed by atoms with E-state index in [4.69, 9.17) is 5.84 Å².